The summed E-state index contributed by atoms with van der Waals surface area (Å²) in [5, 5.41) is 0.804. The Morgan fingerprint density at radius 3 is 2.11 bits per heavy atom. The van der Waals surface area contributed by atoms with Crippen LogP contribution in [0.15, 0.2) is 48.5 Å². The van der Waals surface area contributed by atoms with Gasteiger partial charge >= 0.3 is 0 Å². The van der Waals surface area contributed by atoms with Gasteiger partial charge < -0.3 is 5.73 Å². The van der Waals surface area contributed by atoms with E-state index in [4.69, 9.17) is 17.3 Å². The fourth-order valence-electron chi connectivity index (χ4n) is 2.06. The monoisotopic (exact) mass is 295 g/mol. The fourth-order valence-corrected chi connectivity index (χ4v) is 2.18. The number of benzene rings is 2. The molecule has 102 valence electrons. The third-order valence-corrected chi connectivity index (χ3v) is 3.30. The Labute approximate surface area is 126 Å². The van der Waals surface area contributed by atoms with E-state index < -0.39 is 0 Å². The van der Waals surface area contributed by atoms with E-state index in [9.17, 15) is 0 Å². The van der Waals surface area contributed by atoms with Crippen LogP contribution in [0.2, 0.25) is 5.02 Å². The highest BCUT2D eigenvalue weighted by atomic mass is 35.5. The molecule has 0 unspecified atom stereocenters. The maximum atomic E-state index is 5.86. The van der Waals surface area contributed by atoms with Crippen molar-refractivity contribution < 1.29 is 0 Å². The molecule has 19 heavy (non-hydrogen) atoms. The molecule has 0 spiro atoms. The Balaban J connectivity index is 0.00000180. The highest BCUT2D eigenvalue weighted by Crippen LogP contribution is 2.14. The zero-order valence-corrected chi connectivity index (χ0v) is 12.4. The number of hydrogen-bond donors (Lipinski definition) is 1. The van der Waals surface area contributed by atoms with Crippen molar-refractivity contribution in [1.29, 1.82) is 0 Å². The lowest BCUT2D eigenvalue weighted by atomic mass is 10.0. The molecule has 0 saturated carbocycles. The molecule has 0 radical (unpaired) electrons. The van der Waals surface area contributed by atoms with Gasteiger partial charge in [0.2, 0.25) is 0 Å². The largest absolute Gasteiger partial charge is 0.399 e. The van der Waals surface area contributed by atoms with Crippen molar-refractivity contribution in [3.05, 3.63) is 64.7 Å². The summed E-state index contributed by atoms with van der Waals surface area (Å²) < 4.78 is 0. The maximum Gasteiger partial charge on any atom is 0.0406 e. The summed E-state index contributed by atoms with van der Waals surface area (Å²) >= 11 is 5.86. The van der Waals surface area contributed by atoms with Crippen LogP contribution in [0.5, 0.6) is 0 Å². The van der Waals surface area contributed by atoms with Gasteiger partial charge in [0.25, 0.3) is 0 Å². The second-order valence-corrected chi connectivity index (χ2v) is 5.02. The molecule has 1 nitrogen and oxygen atoms in total. The van der Waals surface area contributed by atoms with Crippen molar-refractivity contribution in [3.63, 3.8) is 0 Å². The van der Waals surface area contributed by atoms with Crippen LogP contribution in [-0.4, -0.2) is 0 Å². The standard InChI is InChI=1S/C16H18ClN.ClH/c17-15-10-8-13(9-11-15)4-1-2-5-14-6-3-7-16(18)12-14;/h3,6-12H,1-2,4-5,18H2;1H. The van der Waals surface area contributed by atoms with Crippen LogP contribution in [0, 0.1) is 0 Å². The molecule has 0 aliphatic carbocycles. The highest BCUT2D eigenvalue weighted by Gasteiger charge is 1.96. The Kier molecular flexibility index (Phi) is 6.75. The summed E-state index contributed by atoms with van der Waals surface area (Å²) in [6.45, 7) is 0. The number of aryl methyl sites for hydroxylation is 2. The maximum absolute atomic E-state index is 5.86. The van der Waals surface area contributed by atoms with Crippen LogP contribution in [0.4, 0.5) is 5.69 Å². The lowest BCUT2D eigenvalue weighted by molar-refractivity contribution is 0.734. The van der Waals surface area contributed by atoms with Gasteiger partial charge in [0.05, 0.1) is 0 Å². The van der Waals surface area contributed by atoms with Crippen molar-refractivity contribution in [2.24, 2.45) is 0 Å². The molecule has 3 heteroatoms. The molecule has 2 aromatic carbocycles. The molecular weight excluding hydrogens is 277 g/mol. The van der Waals surface area contributed by atoms with E-state index in [-0.39, 0.29) is 12.4 Å². The summed E-state index contributed by atoms with van der Waals surface area (Å²) in [6.07, 6.45) is 4.58. The van der Waals surface area contributed by atoms with Gasteiger partial charge in [0.1, 0.15) is 0 Å². The zero-order chi connectivity index (χ0) is 12.8. The first kappa shape index (κ1) is 15.9. The molecule has 2 aromatic rings. The first-order chi connectivity index (χ1) is 8.74. The second-order valence-electron chi connectivity index (χ2n) is 4.58. The molecule has 0 heterocycles. The third kappa shape index (κ3) is 5.54. The summed E-state index contributed by atoms with van der Waals surface area (Å²) in [7, 11) is 0. The third-order valence-electron chi connectivity index (χ3n) is 3.05. The lowest BCUT2D eigenvalue weighted by Gasteiger charge is -2.03. The molecular formula is C16H19Cl2N. The molecule has 2 N–H and O–H groups in total. The van der Waals surface area contributed by atoms with Gasteiger partial charge in [-0.3, -0.25) is 0 Å². The van der Waals surface area contributed by atoms with E-state index in [1.165, 1.54) is 24.0 Å². The van der Waals surface area contributed by atoms with Gasteiger partial charge in [-0.2, -0.15) is 0 Å². The van der Waals surface area contributed by atoms with Crippen LogP contribution < -0.4 is 5.73 Å². The van der Waals surface area contributed by atoms with Gasteiger partial charge in [-0.05, 0) is 61.1 Å². The van der Waals surface area contributed by atoms with E-state index in [1.807, 2.05) is 24.3 Å². The van der Waals surface area contributed by atoms with E-state index in [0.717, 1.165) is 23.6 Å². The first-order valence-corrected chi connectivity index (χ1v) is 6.71. The van der Waals surface area contributed by atoms with Crippen molar-refractivity contribution in [2.75, 3.05) is 5.73 Å². The smallest absolute Gasteiger partial charge is 0.0406 e. The van der Waals surface area contributed by atoms with Gasteiger partial charge in [-0.1, -0.05) is 35.9 Å². The van der Waals surface area contributed by atoms with Crippen LogP contribution in [0.1, 0.15) is 24.0 Å². The number of halogens is 2. The van der Waals surface area contributed by atoms with Gasteiger partial charge in [-0.15, -0.1) is 12.4 Å². The minimum Gasteiger partial charge on any atom is -0.399 e. The number of unbranched alkanes of at least 4 members (excludes halogenated alkanes) is 1. The molecule has 0 aromatic heterocycles. The van der Waals surface area contributed by atoms with Crippen LogP contribution >= 0.6 is 24.0 Å². The van der Waals surface area contributed by atoms with Crippen molar-refractivity contribution in [2.45, 2.75) is 25.7 Å². The summed E-state index contributed by atoms with van der Waals surface area (Å²) in [6, 6.07) is 16.2. The number of nitrogen functional groups attached to an aromatic ring is 1. The van der Waals surface area contributed by atoms with Crippen LogP contribution in [0.3, 0.4) is 0 Å². The molecule has 0 amide bonds. The quantitative estimate of drug-likeness (QED) is 0.615. The predicted molar refractivity (Wildman–Crippen MR) is 86.2 cm³/mol. The molecule has 0 aliphatic rings. The SMILES string of the molecule is Cl.Nc1cccc(CCCCc2ccc(Cl)cc2)c1. The lowest BCUT2D eigenvalue weighted by Crippen LogP contribution is -1.91. The molecule has 0 saturated heterocycles. The molecule has 0 atom stereocenters. The van der Waals surface area contributed by atoms with E-state index in [2.05, 4.69) is 24.3 Å². The summed E-state index contributed by atoms with van der Waals surface area (Å²) in [5.41, 5.74) is 9.29. The second kappa shape index (κ2) is 8.08. The van der Waals surface area contributed by atoms with Crippen molar-refractivity contribution in [1.82, 2.24) is 0 Å². The van der Waals surface area contributed by atoms with Crippen molar-refractivity contribution in [3.8, 4) is 0 Å². The van der Waals surface area contributed by atoms with Gasteiger partial charge in [0.15, 0.2) is 0 Å². The minimum atomic E-state index is 0. The number of nitrogens with two attached hydrogens (primary N) is 1. The first-order valence-electron chi connectivity index (χ1n) is 6.33. The fraction of sp³-hybridized carbons (Fsp3) is 0.250. The minimum absolute atomic E-state index is 0. The van der Waals surface area contributed by atoms with Gasteiger partial charge in [-0.25, -0.2) is 0 Å². The van der Waals surface area contributed by atoms with E-state index >= 15 is 0 Å². The Morgan fingerprint density at radius 2 is 1.47 bits per heavy atom. The molecule has 0 bridgehead atoms. The highest BCUT2D eigenvalue weighted by molar-refractivity contribution is 6.30. The normalized spacial score (nSPS) is 9.95. The number of anilines is 1. The summed E-state index contributed by atoms with van der Waals surface area (Å²) in [4.78, 5) is 0. The number of hydrogen-bond acceptors (Lipinski definition) is 1. The predicted octanol–water partition coefficient (Wildman–Crippen LogP) is 4.91. The molecule has 0 fully saturated rings. The Morgan fingerprint density at radius 1 is 0.842 bits per heavy atom. The Hall–Kier alpha value is -1.18. The van der Waals surface area contributed by atoms with Crippen molar-refractivity contribution >= 4 is 29.7 Å². The average Bonchev–Trinajstić information content (AvgIpc) is 2.37. The van der Waals surface area contributed by atoms with Crippen LogP contribution in [0.25, 0.3) is 0 Å². The molecule has 0 aliphatic heterocycles. The summed E-state index contributed by atoms with van der Waals surface area (Å²) in [5.74, 6) is 0. The van der Waals surface area contributed by atoms with Gasteiger partial charge in [0, 0.05) is 10.7 Å². The number of rotatable bonds is 5. The van der Waals surface area contributed by atoms with E-state index in [0.29, 0.717) is 0 Å². The molecule has 2 rings (SSSR count). The zero-order valence-electron chi connectivity index (χ0n) is 10.8. The van der Waals surface area contributed by atoms with E-state index in [1.54, 1.807) is 0 Å². The average molecular weight is 296 g/mol. The van der Waals surface area contributed by atoms with Crippen LogP contribution in [-0.2, 0) is 12.8 Å². The topological polar surface area (TPSA) is 26.0 Å². The Bertz CT molecular complexity index is 494.